The van der Waals surface area contributed by atoms with E-state index in [1.807, 2.05) is 0 Å². The Balaban J connectivity index is 1.35. The molecule has 9 amide bonds. The quantitative estimate of drug-likeness (QED) is 0.0415. The van der Waals surface area contributed by atoms with Crippen LogP contribution in [0.5, 0.6) is 5.75 Å². The van der Waals surface area contributed by atoms with E-state index < -0.39 is 77.6 Å². The van der Waals surface area contributed by atoms with Crippen LogP contribution in [0.25, 0.3) is 0 Å². The summed E-state index contributed by atoms with van der Waals surface area (Å²) >= 11 is 0. The monoisotopic (exact) mass is 817 g/mol. The van der Waals surface area contributed by atoms with Gasteiger partial charge in [0.1, 0.15) is 24.4 Å². The molecule has 0 radical (unpaired) electrons. The average Bonchev–Trinajstić information content (AvgIpc) is 3.69. The smallest absolute Gasteiger partial charge is 0.514 e. The zero-order valence-corrected chi connectivity index (χ0v) is 32.5. The van der Waals surface area contributed by atoms with Crippen molar-refractivity contribution in [1.29, 1.82) is 0 Å². The molecule has 2 aliphatic heterocycles. The largest absolute Gasteiger partial charge is 0.758 e. The van der Waals surface area contributed by atoms with Gasteiger partial charge in [-0.3, -0.25) is 43.4 Å². The molecule has 0 aromatic heterocycles. The third-order valence-corrected chi connectivity index (χ3v) is 9.05. The van der Waals surface area contributed by atoms with Gasteiger partial charge in [0.25, 0.3) is 23.6 Å². The zero-order chi connectivity index (χ0) is 43.2. The van der Waals surface area contributed by atoms with E-state index in [1.54, 1.807) is 38.1 Å². The number of nitrogens with two attached hydrogens (primary N) is 1. The number of imide groups is 2. The molecule has 6 N–H and O–H groups in total. The number of carbonyl (C=O) groups is 9. The van der Waals surface area contributed by atoms with Crippen molar-refractivity contribution in [3.63, 3.8) is 0 Å². The molecule has 59 heavy (non-hydrogen) atoms. The minimum Gasteiger partial charge on any atom is -0.758 e. The van der Waals surface area contributed by atoms with E-state index in [9.17, 15) is 48.4 Å². The fourth-order valence-corrected chi connectivity index (χ4v) is 5.93. The van der Waals surface area contributed by atoms with Crippen molar-refractivity contribution in [2.24, 2.45) is 11.7 Å². The molecule has 2 aromatic rings. The Hall–Kier alpha value is -7.09. The molecule has 0 fully saturated rings. The van der Waals surface area contributed by atoms with Crippen LogP contribution in [0.4, 0.5) is 21.0 Å². The van der Waals surface area contributed by atoms with Gasteiger partial charge in [0, 0.05) is 48.6 Å². The van der Waals surface area contributed by atoms with Crippen molar-refractivity contribution >= 4 is 64.9 Å². The minimum atomic E-state index is -1.15. The maximum atomic E-state index is 13.6. The normalized spacial score (nSPS) is 14.9. The van der Waals surface area contributed by atoms with Gasteiger partial charge in [0.05, 0.1) is 12.6 Å². The fourth-order valence-electron chi connectivity index (χ4n) is 5.93. The molecule has 1 unspecified atom stereocenters. The van der Waals surface area contributed by atoms with Crippen molar-refractivity contribution in [3.05, 3.63) is 83.6 Å². The maximum absolute atomic E-state index is 13.6. The van der Waals surface area contributed by atoms with E-state index in [4.69, 9.17) is 15.2 Å². The molecular weight excluding hydrogens is 772 g/mol. The number of hydroxylamine groups is 1. The molecule has 0 aliphatic carbocycles. The lowest BCUT2D eigenvalue weighted by Crippen LogP contribution is -2.55. The van der Waals surface area contributed by atoms with Crippen LogP contribution < -0.4 is 36.8 Å². The number of ether oxygens (including phenoxy) is 2. The third-order valence-electron chi connectivity index (χ3n) is 9.05. The number of anilines is 2. The number of primary amides is 1. The van der Waals surface area contributed by atoms with Gasteiger partial charge in [-0.1, -0.05) is 26.0 Å². The molecular formula is C39H45N8O12-. The lowest BCUT2D eigenvalue weighted by atomic mass is 10.0. The molecule has 20 nitrogen and oxygen atoms in total. The number of amides is 9. The average molecular weight is 818 g/mol. The Morgan fingerprint density at radius 3 is 2.00 bits per heavy atom. The number of hydrogen-bond acceptors (Lipinski definition) is 13. The van der Waals surface area contributed by atoms with Crippen LogP contribution in [-0.4, -0.2) is 102 Å². The molecule has 0 bridgehead atoms. The summed E-state index contributed by atoms with van der Waals surface area (Å²) < 4.78 is 10.3. The van der Waals surface area contributed by atoms with Crippen LogP contribution in [0.3, 0.4) is 0 Å². The maximum Gasteiger partial charge on any atom is 0.514 e. The highest BCUT2D eigenvalue weighted by atomic mass is 16.7. The van der Waals surface area contributed by atoms with Gasteiger partial charge in [0.15, 0.2) is 0 Å². The van der Waals surface area contributed by atoms with Gasteiger partial charge in [-0.2, -0.15) is 0 Å². The first-order valence-electron chi connectivity index (χ1n) is 18.5. The number of nitrogens with zero attached hydrogens (tertiary/aromatic N) is 3. The lowest BCUT2D eigenvalue weighted by molar-refractivity contribution is -0.145. The van der Waals surface area contributed by atoms with Gasteiger partial charge in [-0.25, -0.2) is 9.59 Å². The molecule has 20 heteroatoms. The fraction of sp³-hybridized carbons (Fsp3) is 0.359. The van der Waals surface area contributed by atoms with E-state index in [1.165, 1.54) is 31.3 Å². The first-order valence-corrected chi connectivity index (χ1v) is 18.5. The summed E-state index contributed by atoms with van der Waals surface area (Å²) in [4.78, 5) is 115. The van der Waals surface area contributed by atoms with Crippen LogP contribution in [0.1, 0.15) is 45.1 Å². The molecule has 0 spiro atoms. The van der Waals surface area contributed by atoms with E-state index >= 15 is 0 Å². The second-order valence-corrected chi connectivity index (χ2v) is 13.8. The second kappa shape index (κ2) is 20.9. The Morgan fingerprint density at radius 1 is 0.814 bits per heavy atom. The summed E-state index contributed by atoms with van der Waals surface area (Å²) in [6.45, 7) is 2.94. The zero-order valence-electron chi connectivity index (χ0n) is 32.5. The molecule has 314 valence electrons. The number of nitrogens with one attached hydrogen (secondary N) is 4. The van der Waals surface area contributed by atoms with Crippen LogP contribution in [-0.2, 0) is 44.9 Å². The highest BCUT2D eigenvalue weighted by Gasteiger charge is 2.36. The van der Waals surface area contributed by atoms with Crippen LogP contribution in [0, 0.1) is 11.1 Å². The summed E-state index contributed by atoms with van der Waals surface area (Å²) in [6, 6.07) is 8.01. The molecule has 3 atom stereocenters. The molecule has 2 aliphatic rings. The molecule has 2 heterocycles. The molecule has 2 aromatic carbocycles. The SMILES string of the molecule is CC(C)[C@H](NC(=O)CCC(CN1C(=O)C=CC1=O)N1C(=O)C=CC1=O)C(=O)N[C@@H](CCCNC(N)=O)C(=O)Nc1ccc(COC(=O)Oc2ccc(N(C)[O-])cc2)cc1. The van der Waals surface area contributed by atoms with Gasteiger partial charge in [-0.15, -0.1) is 0 Å². The summed E-state index contributed by atoms with van der Waals surface area (Å²) in [6.07, 6.45) is 3.06. The Kier molecular flexibility index (Phi) is 15.8. The highest BCUT2D eigenvalue weighted by molar-refractivity contribution is 6.14. The number of urea groups is 1. The third kappa shape index (κ3) is 13.2. The molecule has 0 saturated carbocycles. The van der Waals surface area contributed by atoms with Crippen molar-refractivity contribution in [1.82, 2.24) is 25.8 Å². The first-order chi connectivity index (χ1) is 28.0. The van der Waals surface area contributed by atoms with Gasteiger partial charge in [0.2, 0.25) is 17.7 Å². The van der Waals surface area contributed by atoms with Crippen molar-refractivity contribution < 1.29 is 52.6 Å². The van der Waals surface area contributed by atoms with E-state index in [-0.39, 0.29) is 51.1 Å². The van der Waals surface area contributed by atoms with Crippen molar-refractivity contribution in [3.8, 4) is 5.75 Å². The van der Waals surface area contributed by atoms with Gasteiger partial charge < -0.3 is 46.7 Å². The molecule has 4 rings (SSSR count). The van der Waals surface area contributed by atoms with E-state index in [0.29, 0.717) is 22.0 Å². The topological polar surface area (TPSA) is 279 Å². The van der Waals surface area contributed by atoms with Crippen molar-refractivity contribution in [2.45, 2.75) is 64.3 Å². The highest BCUT2D eigenvalue weighted by Crippen LogP contribution is 2.20. The summed E-state index contributed by atoms with van der Waals surface area (Å²) in [5.41, 5.74) is 6.42. The lowest BCUT2D eigenvalue weighted by Gasteiger charge is -2.29. The Morgan fingerprint density at radius 2 is 1.42 bits per heavy atom. The Bertz CT molecular complexity index is 1950. The van der Waals surface area contributed by atoms with E-state index in [2.05, 4.69) is 21.3 Å². The van der Waals surface area contributed by atoms with Crippen LogP contribution in [0.15, 0.2) is 72.8 Å². The number of rotatable bonds is 20. The van der Waals surface area contributed by atoms with Crippen molar-refractivity contribution in [2.75, 3.05) is 30.5 Å². The van der Waals surface area contributed by atoms with Gasteiger partial charge in [-0.05, 0) is 74.2 Å². The predicted octanol–water partition coefficient (Wildman–Crippen LogP) is 1.35. The molecule has 0 saturated heterocycles. The summed E-state index contributed by atoms with van der Waals surface area (Å²) in [7, 11) is 1.33. The Labute approximate surface area is 338 Å². The van der Waals surface area contributed by atoms with E-state index in [0.717, 1.165) is 34.1 Å². The second-order valence-electron chi connectivity index (χ2n) is 13.8. The number of hydrogen-bond donors (Lipinski definition) is 5. The number of carbonyl (C=O) groups excluding carboxylic acids is 9. The number of benzene rings is 2. The minimum absolute atomic E-state index is 0.0529. The first kappa shape index (κ1) is 44.6. The van der Waals surface area contributed by atoms with Crippen LogP contribution in [0.2, 0.25) is 0 Å². The van der Waals surface area contributed by atoms with Gasteiger partial charge >= 0.3 is 12.2 Å². The predicted molar refractivity (Wildman–Crippen MR) is 209 cm³/mol. The summed E-state index contributed by atoms with van der Waals surface area (Å²) in [5.74, 6) is -4.86. The standard InChI is InChI=1S/C39H45N8O12/c1-23(2)35(44-30(48)15-12-27(47-33(51)18-19-34(47)52)21-46-31(49)16-17-32(46)50)37(54)43-29(5-4-20-41-38(40)55)36(53)42-25-8-6-24(7-9-25)22-58-39(56)59-28-13-10-26(11-14-28)45(3)57/h6-11,13-14,16-19,23,27,29,35H,4-5,12,15,20-22H2,1-3H3,(H,42,53)(H,43,54)(H,44,48)(H3,40,41,55)/q-1/t27?,29-,35-/m0/s1. The summed E-state index contributed by atoms with van der Waals surface area (Å²) in [5, 5.41) is 22.5. The van der Waals surface area contributed by atoms with Crippen LogP contribution >= 0.6 is 0 Å².